The predicted molar refractivity (Wildman–Crippen MR) is 99.1 cm³/mol. The Bertz CT molecular complexity index is 759. The standard InChI is InChI=1S/C19H22N2O5/c1-24-15-8-9-16(17(12-15)25-2)20-11-10-18(22)21-14-6-4-13(5-7-14)19(23)26-3/h4-9,12,20H,10-11H2,1-3H3,(H,21,22). The molecule has 0 fully saturated rings. The lowest BCUT2D eigenvalue weighted by Gasteiger charge is -2.12. The molecule has 0 saturated heterocycles. The summed E-state index contributed by atoms with van der Waals surface area (Å²) < 4.78 is 15.1. The minimum absolute atomic E-state index is 0.143. The first kappa shape index (κ1) is 19.1. The summed E-state index contributed by atoms with van der Waals surface area (Å²) in [5.74, 6) is 0.778. The second-order valence-electron chi connectivity index (χ2n) is 5.36. The van der Waals surface area contributed by atoms with E-state index in [-0.39, 0.29) is 12.3 Å². The molecule has 0 radical (unpaired) electrons. The summed E-state index contributed by atoms with van der Waals surface area (Å²) in [5.41, 5.74) is 1.83. The van der Waals surface area contributed by atoms with E-state index in [2.05, 4.69) is 15.4 Å². The van der Waals surface area contributed by atoms with Gasteiger partial charge in [-0.2, -0.15) is 0 Å². The highest BCUT2D eigenvalue weighted by atomic mass is 16.5. The molecule has 0 aliphatic carbocycles. The molecule has 2 aromatic carbocycles. The van der Waals surface area contributed by atoms with Crippen molar-refractivity contribution in [2.24, 2.45) is 0 Å². The van der Waals surface area contributed by atoms with Crippen LogP contribution in [0.15, 0.2) is 42.5 Å². The van der Waals surface area contributed by atoms with Crippen LogP contribution < -0.4 is 20.1 Å². The van der Waals surface area contributed by atoms with E-state index in [1.165, 1.54) is 7.11 Å². The molecule has 0 aliphatic heterocycles. The SMILES string of the molecule is COC(=O)c1ccc(NC(=O)CCNc2ccc(OC)cc2OC)cc1. The van der Waals surface area contributed by atoms with Crippen LogP contribution in [0.1, 0.15) is 16.8 Å². The van der Waals surface area contributed by atoms with Gasteiger partial charge in [0.15, 0.2) is 0 Å². The fourth-order valence-electron chi connectivity index (χ4n) is 2.29. The molecule has 0 unspecified atom stereocenters. The number of ether oxygens (including phenoxy) is 3. The predicted octanol–water partition coefficient (Wildman–Crippen LogP) is 2.93. The summed E-state index contributed by atoms with van der Waals surface area (Å²) in [4.78, 5) is 23.4. The minimum atomic E-state index is -0.416. The Morgan fingerprint density at radius 1 is 0.962 bits per heavy atom. The molecule has 26 heavy (non-hydrogen) atoms. The van der Waals surface area contributed by atoms with Crippen molar-refractivity contribution in [1.82, 2.24) is 0 Å². The van der Waals surface area contributed by atoms with E-state index in [0.29, 0.717) is 29.3 Å². The number of esters is 1. The molecular formula is C19H22N2O5. The van der Waals surface area contributed by atoms with Gasteiger partial charge in [-0.25, -0.2) is 4.79 Å². The highest BCUT2D eigenvalue weighted by molar-refractivity contribution is 5.93. The molecule has 138 valence electrons. The monoisotopic (exact) mass is 358 g/mol. The maximum atomic E-state index is 12.0. The Morgan fingerprint density at radius 2 is 1.69 bits per heavy atom. The Kier molecular flexibility index (Phi) is 6.84. The maximum Gasteiger partial charge on any atom is 0.337 e. The van der Waals surface area contributed by atoms with Crippen molar-refractivity contribution in [2.75, 3.05) is 38.5 Å². The summed E-state index contributed by atoms with van der Waals surface area (Å²) in [6.45, 7) is 0.439. The number of hydrogen-bond acceptors (Lipinski definition) is 6. The third-order valence-electron chi connectivity index (χ3n) is 3.67. The molecule has 0 aromatic heterocycles. The quantitative estimate of drug-likeness (QED) is 0.706. The van der Waals surface area contributed by atoms with Crippen molar-refractivity contribution in [3.8, 4) is 11.5 Å². The third kappa shape index (κ3) is 5.14. The van der Waals surface area contributed by atoms with Crippen LogP contribution in [0, 0.1) is 0 Å². The van der Waals surface area contributed by atoms with Crippen LogP contribution in [0.2, 0.25) is 0 Å². The van der Waals surface area contributed by atoms with Crippen molar-refractivity contribution in [1.29, 1.82) is 0 Å². The van der Waals surface area contributed by atoms with Crippen molar-refractivity contribution in [2.45, 2.75) is 6.42 Å². The zero-order valence-corrected chi connectivity index (χ0v) is 15.0. The summed E-state index contributed by atoms with van der Waals surface area (Å²) in [5, 5.41) is 5.94. The van der Waals surface area contributed by atoms with Crippen LogP contribution in [0.4, 0.5) is 11.4 Å². The molecule has 0 bridgehead atoms. The zero-order chi connectivity index (χ0) is 18.9. The second-order valence-corrected chi connectivity index (χ2v) is 5.36. The molecule has 2 N–H and O–H groups in total. The lowest BCUT2D eigenvalue weighted by Crippen LogP contribution is -2.16. The number of benzene rings is 2. The summed E-state index contributed by atoms with van der Waals surface area (Å²) in [6.07, 6.45) is 0.272. The van der Waals surface area contributed by atoms with E-state index in [0.717, 1.165) is 5.69 Å². The van der Waals surface area contributed by atoms with Gasteiger partial charge in [0.05, 0.1) is 32.6 Å². The number of nitrogens with one attached hydrogen (secondary N) is 2. The number of carbonyl (C=O) groups excluding carboxylic acids is 2. The fourth-order valence-corrected chi connectivity index (χ4v) is 2.29. The average molecular weight is 358 g/mol. The number of anilines is 2. The third-order valence-corrected chi connectivity index (χ3v) is 3.67. The van der Waals surface area contributed by atoms with E-state index < -0.39 is 5.97 Å². The van der Waals surface area contributed by atoms with Gasteiger partial charge in [0, 0.05) is 24.7 Å². The Labute approximate surface area is 152 Å². The van der Waals surface area contributed by atoms with Gasteiger partial charge in [0.2, 0.25) is 5.91 Å². The van der Waals surface area contributed by atoms with E-state index >= 15 is 0 Å². The highest BCUT2D eigenvalue weighted by Gasteiger charge is 2.08. The van der Waals surface area contributed by atoms with Gasteiger partial charge >= 0.3 is 5.97 Å². The van der Waals surface area contributed by atoms with Crippen LogP contribution in [0.5, 0.6) is 11.5 Å². The first-order chi connectivity index (χ1) is 12.6. The Balaban J connectivity index is 1.84. The molecule has 0 saturated carbocycles. The maximum absolute atomic E-state index is 12.0. The van der Waals surface area contributed by atoms with Crippen molar-refractivity contribution < 1.29 is 23.8 Å². The van der Waals surface area contributed by atoms with Gasteiger partial charge in [0.25, 0.3) is 0 Å². The smallest absolute Gasteiger partial charge is 0.337 e. The number of methoxy groups -OCH3 is 3. The van der Waals surface area contributed by atoms with E-state index in [4.69, 9.17) is 9.47 Å². The normalized spacial score (nSPS) is 9.96. The van der Waals surface area contributed by atoms with Crippen LogP contribution in [0.3, 0.4) is 0 Å². The van der Waals surface area contributed by atoms with E-state index in [1.54, 1.807) is 44.6 Å². The molecule has 0 heterocycles. The summed E-state index contributed by atoms with van der Waals surface area (Å²) >= 11 is 0. The first-order valence-electron chi connectivity index (χ1n) is 8.01. The lowest BCUT2D eigenvalue weighted by atomic mass is 10.2. The van der Waals surface area contributed by atoms with Gasteiger partial charge in [-0.15, -0.1) is 0 Å². The lowest BCUT2D eigenvalue weighted by molar-refractivity contribution is -0.115. The van der Waals surface area contributed by atoms with Crippen LogP contribution in [0.25, 0.3) is 0 Å². The molecule has 2 aromatic rings. The van der Waals surface area contributed by atoms with Gasteiger partial charge < -0.3 is 24.8 Å². The summed E-state index contributed by atoms with van der Waals surface area (Å²) in [6, 6.07) is 11.9. The summed E-state index contributed by atoms with van der Waals surface area (Å²) in [7, 11) is 4.48. The number of rotatable bonds is 8. The molecule has 0 aliphatic rings. The average Bonchev–Trinajstić information content (AvgIpc) is 2.68. The van der Waals surface area contributed by atoms with Gasteiger partial charge in [-0.05, 0) is 36.4 Å². The minimum Gasteiger partial charge on any atom is -0.497 e. The Morgan fingerprint density at radius 3 is 2.31 bits per heavy atom. The fraction of sp³-hybridized carbons (Fsp3) is 0.263. The van der Waals surface area contributed by atoms with Crippen LogP contribution in [-0.2, 0) is 9.53 Å². The van der Waals surface area contributed by atoms with Crippen molar-refractivity contribution in [3.05, 3.63) is 48.0 Å². The number of carbonyl (C=O) groups is 2. The molecule has 2 rings (SSSR count). The van der Waals surface area contributed by atoms with Crippen LogP contribution in [-0.4, -0.2) is 39.8 Å². The van der Waals surface area contributed by atoms with Gasteiger partial charge in [-0.1, -0.05) is 0 Å². The van der Waals surface area contributed by atoms with E-state index in [1.807, 2.05) is 12.1 Å². The molecular weight excluding hydrogens is 336 g/mol. The van der Waals surface area contributed by atoms with Gasteiger partial charge in [-0.3, -0.25) is 4.79 Å². The van der Waals surface area contributed by atoms with Gasteiger partial charge in [0.1, 0.15) is 11.5 Å². The molecule has 7 nitrogen and oxygen atoms in total. The number of amides is 1. The van der Waals surface area contributed by atoms with Crippen LogP contribution >= 0.6 is 0 Å². The zero-order valence-electron chi connectivity index (χ0n) is 15.0. The van der Waals surface area contributed by atoms with Crippen molar-refractivity contribution in [3.63, 3.8) is 0 Å². The molecule has 7 heteroatoms. The highest BCUT2D eigenvalue weighted by Crippen LogP contribution is 2.28. The van der Waals surface area contributed by atoms with E-state index in [9.17, 15) is 9.59 Å². The molecule has 1 amide bonds. The molecule has 0 atom stereocenters. The second kappa shape index (κ2) is 9.31. The molecule has 0 spiro atoms. The largest absolute Gasteiger partial charge is 0.497 e. The topological polar surface area (TPSA) is 85.9 Å². The van der Waals surface area contributed by atoms with Crippen molar-refractivity contribution >= 4 is 23.3 Å². The number of hydrogen-bond donors (Lipinski definition) is 2. The first-order valence-corrected chi connectivity index (χ1v) is 8.01. The Hall–Kier alpha value is -3.22.